The first-order valence-electron chi connectivity index (χ1n) is 26.7. The van der Waals surface area contributed by atoms with Crippen molar-refractivity contribution >= 4 is 30.0 Å². The molecule has 0 amide bonds. The molecule has 13 nitrogen and oxygen atoms in total. The molecule has 0 aromatic carbocycles. The van der Waals surface area contributed by atoms with Gasteiger partial charge in [-0.05, 0) is 83.6 Å². The van der Waals surface area contributed by atoms with Gasteiger partial charge in [0.1, 0.15) is 19.8 Å². The molecule has 0 fully saturated rings. The summed E-state index contributed by atoms with van der Waals surface area (Å²) in [6.07, 6.45) is 33.7. The van der Waals surface area contributed by atoms with Gasteiger partial charge in [0.05, 0.1) is 32.3 Å². The van der Waals surface area contributed by atoms with Crippen molar-refractivity contribution in [1.29, 1.82) is 0 Å². The molecule has 0 saturated heterocycles. The molecule has 0 heterocycles. The van der Waals surface area contributed by atoms with Gasteiger partial charge in [0, 0.05) is 44.7 Å². The average molecular weight is 952 g/mol. The minimum Gasteiger partial charge on any atom is -0.465 e. The first-order chi connectivity index (χ1) is 32.7. The van der Waals surface area contributed by atoms with Crippen LogP contribution < -0.4 is 0 Å². The molecule has 1 N–H and O–H groups in total. The number of carbonyl (C=O) groups excluding carboxylic acids is 5. The minimum absolute atomic E-state index is 0.0584. The van der Waals surface area contributed by atoms with E-state index in [1.807, 2.05) is 0 Å². The van der Waals surface area contributed by atoms with E-state index in [4.69, 9.17) is 28.4 Å². The summed E-state index contributed by atoms with van der Waals surface area (Å²) in [5.74, 6) is -2.26. The molecule has 1 unspecified atom stereocenters. The van der Waals surface area contributed by atoms with Crippen LogP contribution in [0.2, 0.25) is 0 Å². The van der Waals surface area contributed by atoms with Crippen LogP contribution in [0.5, 0.6) is 0 Å². The largest absolute Gasteiger partial charge is 0.508 e. The Morgan fingerprint density at radius 3 is 1.33 bits per heavy atom. The van der Waals surface area contributed by atoms with Crippen LogP contribution >= 0.6 is 0 Å². The van der Waals surface area contributed by atoms with E-state index in [2.05, 4.69) is 56.9 Å². The lowest BCUT2D eigenvalue weighted by molar-refractivity contribution is -0.152. The summed E-state index contributed by atoms with van der Waals surface area (Å²) in [4.78, 5) is 65.2. The number of hydrogen-bond donors (Lipinski definition) is 1. The monoisotopic (exact) mass is 952 g/mol. The van der Waals surface area contributed by atoms with E-state index in [0.717, 1.165) is 122 Å². The SMILES string of the molecule is CCCCC/C=C\C/C=C\CCCCCCCC(=O)OCC(COC(=O)CCCC(COC(=O)CCCCCCC)COC(=O)CCCCCCC)COC(=O)OCCCN(CCC)CCO. The van der Waals surface area contributed by atoms with E-state index in [1.165, 1.54) is 19.3 Å². The zero-order chi connectivity index (χ0) is 49.3. The summed E-state index contributed by atoms with van der Waals surface area (Å²) >= 11 is 0. The molecular weight excluding hydrogens is 855 g/mol. The number of allylic oxidation sites excluding steroid dienone is 4. The standard InChI is InChI=1S/C54H97NO12/c1-5-9-12-15-16-17-18-19-20-21-22-23-24-27-30-36-52(59)65-45-49(47-67-54(61)62-42-32-39-55(38-8-4)40-41-56)46-66-53(60)37-31-33-48(43-63-50(57)34-28-25-13-10-6-2)44-64-51(58)35-29-26-14-11-7-3/h16-17,19-20,48-49,56H,5-15,18,21-47H2,1-4H3/b17-16-,20-19-. The lowest BCUT2D eigenvalue weighted by Crippen LogP contribution is -2.30. The molecule has 390 valence electrons. The zero-order valence-electron chi connectivity index (χ0n) is 42.9. The second-order valence-electron chi connectivity index (χ2n) is 18.0. The summed E-state index contributed by atoms with van der Waals surface area (Å²) in [7, 11) is 0. The maximum Gasteiger partial charge on any atom is 0.508 e. The number of carbonyl (C=O) groups is 5. The maximum absolute atomic E-state index is 13.0. The van der Waals surface area contributed by atoms with E-state index in [-0.39, 0.29) is 82.9 Å². The predicted octanol–water partition coefficient (Wildman–Crippen LogP) is 12.3. The van der Waals surface area contributed by atoms with Crippen molar-refractivity contribution in [2.24, 2.45) is 11.8 Å². The van der Waals surface area contributed by atoms with Gasteiger partial charge in [-0.15, -0.1) is 0 Å². The zero-order valence-corrected chi connectivity index (χ0v) is 42.9. The van der Waals surface area contributed by atoms with Crippen molar-refractivity contribution in [3.05, 3.63) is 24.3 Å². The van der Waals surface area contributed by atoms with Gasteiger partial charge in [-0.25, -0.2) is 4.79 Å². The molecule has 0 aromatic heterocycles. The van der Waals surface area contributed by atoms with Crippen LogP contribution in [0.1, 0.15) is 214 Å². The van der Waals surface area contributed by atoms with Crippen molar-refractivity contribution in [3.8, 4) is 0 Å². The van der Waals surface area contributed by atoms with Gasteiger partial charge in [-0.3, -0.25) is 19.2 Å². The third kappa shape index (κ3) is 44.8. The highest BCUT2D eigenvalue weighted by Gasteiger charge is 2.20. The molecule has 13 heteroatoms. The first kappa shape index (κ1) is 63.5. The van der Waals surface area contributed by atoms with Gasteiger partial charge in [0.25, 0.3) is 0 Å². The highest BCUT2D eigenvalue weighted by molar-refractivity contribution is 5.70. The molecule has 0 aliphatic heterocycles. The topological polar surface area (TPSA) is 164 Å². The Bertz CT molecular complexity index is 1220. The Balaban J connectivity index is 5.06. The number of hydrogen-bond acceptors (Lipinski definition) is 13. The van der Waals surface area contributed by atoms with E-state index in [1.54, 1.807) is 0 Å². The fraction of sp³-hybridized carbons (Fsp3) is 0.833. The lowest BCUT2D eigenvalue weighted by atomic mass is 10.0. The van der Waals surface area contributed by atoms with Crippen molar-refractivity contribution in [1.82, 2.24) is 4.90 Å². The molecule has 0 radical (unpaired) electrons. The number of aliphatic hydroxyl groups is 1. The van der Waals surface area contributed by atoms with E-state index >= 15 is 0 Å². The van der Waals surface area contributed by atoms with Crippen molar-refractivity contribution in [2.75, 3.05) is 65.9 Å². The summed E-state index contributed by atoms with van der Waals surface area (Å²) in [6.45, 7) is 10.6. The lowest BCUT2D eigenvalue weighted by Gasteiger charge is -2.20. The molecule has 0 aromatic rings. The van der Waals surface area contributed by atoms with Crippen LogP contribution in [0.4, 0.5) is 4.79 Å². The maximum atomic E-state index is 13.0. The van der Waals surface area contributed by atoms with Gasteiger partial charge in [0.2, 0.25) is 0 Å². The fourth-order valence-electron chi connectivity index (χ4n) is 7.32. The van der Waals surface area contributed by atoms with Crippen LogP contribution in [-0.2, 0) is 47.6 Å². The third-order valence-corrected chi connectivity index (χ3v) is 11.4. The molecular formula is C54H97NO12. The average Bonchev–Trinajstić information content (AvgIpc) is 3.31. The van der Waals surface area contributed by atoms with Gasteiger partial charge < -0.3 is 38.4 Å². The number of nitrogens with zero attached hydrogens (tertiary/aromatic N) is 1. The minimum atomic E-state index is -0.864. The second-order valence-corrected chi connectivity index (χ2v) is 18.0. The predicted molar refractivity (Wildman–Crippen MR) is 267 cm³/mol. The molecule has 0 spiro atoms. The van der Waals surface area contributed by atoms with E-state index in [9.17, 15) is 29.1 Å². The summed E-state index contributed by atoms with van der Waals surface area (Å²) < 4.78 is 32.9. The summed E-state index contributed by atoms with van der Waals surface area (Å²) in [5, 5.41) is 9.29. The highest BCUT2D eigenvalue weighted by atomic mass is 16.7. The van der Waals surface area contributed by atoms with Crippen LogP contribution in [0, 0.1) is 11.8 Å². The third-order valence-electron chi connectivity index (χ3n) is 11.4. The van der Waals surface area contributed by atoms with Crippen molar-refractivity contribution in [3.63, 3.8) is 0 Å². The normalized spacial score (nSPS) is 12.0. The summed E-state index contributed by atoms with van der Waals surface area (Å²) in [5.41, 5.74) is 0. The van der Waals surface area contributed by atoms with Gasteiger partial charge in [-0.1, -0.05) is 135 Å². The highest BCUT2D eigenvalue weighted by Crippen LogP contribution is 2.16. The van der Waals surface area contributed by atoms with Crippen LogP contribution in [0.3, 0.4) is 0 Å². The number of ether oxygens (including phenoxy) is 6. The van der Waals surface area contributed by atoms with Crippen LogP contribution in [0.15, 0.2) is 24.3 Å². The van der Waals surface area contributed by atoms with Crippen LogP contribution in [0.25, 0.3) is 0 Å². The number of rotatable bonds is 48. The molecule has 0 aliphatic carbocycles. The molecule has 67 heavy (non-hydrogen) atoms. The molecule has 0 aliphatic rings. The summed E-state index contributed by atoms with van der Waals surface area (Å²) in [6, 6.07) is 0. The Morgan fingerprint density at radius 1 is 0.418 bits per heavy atom. The molecule has 0 rings (SSSR count). The van der Waals surface area contributed by atoms with Gasteiger partial charge in [0.15, 0.2) is 0 Å². The number of aliphatic hydroxyl groups excluding tert-OH is 1. The second kappa shape index (κ2) is 49.0. The van der Waals surface area contributed by atoms with Crippen molar-refractivity contribution < 1.29 is 57.5 Å². The van der Waals surface area contributed by atoms with Crippen molar-refractivity contribution in [2.45, 2.75) is 214 Å². The Kier molecular flexibility index (Phi) is 46.5. The number of esters is 4. The first-order valence-corrected chi connectivity index (χ1v) is 26.7. The smallest absolute Gasteiger partial charge is 0.465 e. The van der Waals surface area contributed by atoms with Crippen LogP contribution in [-0.4, -0.2) is 106 Å². The van der Waals surface area contributed by atoms with E-state index in [0.29, 0.717) is 51.6 Å². The molecule has 1 atom stereocenters. The Morgan fingerprint density at radius 2 is 0.836 bits per heavy atom. The number of unbranched alkanes of at least 4 members (excludes halogenated alkanes) is 16. The molecule has 0 saturated carbocycles. The molecule has 0 bridgehead atoms. The fourth-order valence-corrected chi connectivity index (χ4v) is 7.32. The quantitative estimate of drug-likeness (QED) is 0.0265. The Hall–Kier alpha value is -3.45. The van der Waals surface area contributed by atoms with Gasteiger partial charge >= 0.3 is 30.0 Å². The van der Waals surface area contributed by atoms with Gasteiger partial charge in [-0.2, -0.15) is 0 Å². The Labute approximate surface area is 407 Å². The van der Waals surface area contributed by atoms with E-state index < -0.39 is 18.0 Å².